The molecule has 0 aliphatic heterocycles. The first-order valence-electron chi connectivity index (χ1n) is 2.76. The van der Waals surface area contributed by atoms with Gasteiger partial charge >= 0.3 is 0 Å². The van der Waals surface area contributed by atoms with E-state index in [1.165, 1.54) is 12.8 Å². The molecule has 0 saturated carbocycles. The van der Waals surface area contributed by atoms with Crippen LogP contribution in [0.15, 0.2) is 11.5 Å². The first kappa shape index (κ1) is 8.44. The van der Waals surface area contributed by atoms with Crippen LogP contribution in [0.4, 0.5) is 0 Å². The Hall–Kier alpha value is 0.440. The predicted octanol–water partition coefficient (Wildman–Crippen LogP) is 3.31. The molecule has 0 N–H and O–H groups in total. The van der Waals surface area contributed by atoms with E-state index in [4.69, 9.17) is 0 Å². The molecule has 0 unspecified atom stereocenters. The fourth-order valence-corrected chi connectivity index (χ4v) is 1.22. The normalized spacial score (nSPS) is 10.8. The van der Waals surface area contributed by atoms with Gasteiger partial charge in [0.2, 0.25) is 0 Å². The van der Waals surface area contributed by atoms with Crippen LogP contribution in [0.2, 0.25) is 0 Å². The maximum atomic E-state index is 2.21. The minimum absolute atomic E-state index is 1.22. The van der Waals surface area contributed by atoms with E-state index < -0.39 is 0 Å². The van der Waals surface area contributed by atoms with E-state index in [2.05, 4.69) is 24.7 Å². The second-order valence-corrected chi connectivity index (χ2v) is 3.80. The molecule has 8 heavy (non-hydrogen) atoms. The molecule has 48 valence electrons. The van der Waals surface area contributed by atoms with Crippen LogP contribution in [0.3, 0.4) is 0 Å². The molecule has 0 amide bonds. The summed E-state index contributed by atoms with van der Waals surface area (Å²) in [4.78, 5) is 0. The lowest BCUT2D eigenvalue weighted by Gasteiger charge is -1.82. The van der Waals surface area contributed by atoms with Crippen LogP contribution >= 0.6 is 21.6 Å². The maximum Gasteiger partial charge on any atom is -0.00759 e. The van der Waals surface area contributed by atoms with Gasteiger partial charge in [-0.2, -0.15) is 0 Å². The topological polar surface area (TPSA) is 0 Å². The molecular weight excluding hydrogens is 136 g/mol. The smallest absolute Gasteiger partial charge is 0.00759 e. The van der Waals surface area contributed by atoms with Gasteiger partial charge in [0.25, 0.3) is 0 Å². The molecule has 0 fully saturated rings. The third kappa shape index (κ3) is 6.44. The van der Waals surface area contributed by atoms with Crippen molar-refractivity contribution in [3.8, 4) is 0 Å². The molecule has 0 bridgehead atoms. The highest BCUT2D eigenvalue weighted by Crippen LogP contribution is 2.17. The van der Waals surface area contributed by atoms with Crippen LogP contribution < -0.4 is 0 Å². The van der Waals surface area contributed by atoms with Crippen molar-refractivity contribution < 1.29 is 0 Å². The van der Waals surface area contributed by atoms with Crippen molar-refractivity contribution in [3.05, 3.63) is 11.5 Å². The van der Waals surface area contributed by atoms with E-state index in [9.17, 15) is 0 Å². The summed E-state index contributed by atoms with van der Waals surface area (Å²) in [5.74, 6) is 0. The van der Waals surface area contributed by atoms with Crippen molar-refractivity contribution in [2.75, 3.05) is 6.26 Å². The van der Waals surface area contributed by atoms with Gasteiger partial charge in [-0.25, -0.2) is 0 Å². The maximum absolute atomic E-state index is 2.21. The van der Waals surface area contributed by atoms with Crippen LogP contribution in [-0.2, 0) is 0 Å². The second-order valence-electron chi connectivity index (χ2n) is 1.42. The van der Waals surface area contributed by atoms with Crippen molar-refractivity contribution in [2.45, 2.75) is 19.8 Å². The Morgan fingerprint density at radius 1 is 1.50 bits per heavy atom. The first-order valence-corrected chi connectivity index (χ1v) is 5.38. The fraction of sp³-hybridized carbons (Fsp3) is 0.667. The van der Waals surface area contributed by atoms with E-state index in [0.717, 1.165) is 0 Å². The summed E-state index contributed by atoms with van der Waals surface area (Å²) in [6.45, 7) is 2.19. The van der Waals surface area contributed by atoms with Crippen LogP contribution in [0.5, 0.6) is 0 Å². The zero-order chi connectivity index (χ0) is 6.24. The molecule has 0 nitrogen and oxygen atoms in total. The standard InChI is InChI=1S/C6H12S2/c1-3-4-5-6-8-7-2/h5-6H,3-4H2,1-2H3. The molecule has 0 spiro atoms. The van der Waals surface area contributed by atoms with Gasteiger partial charge in [0, 0.05) is 0 Å². The molecule has 0 rings (SSSR count). The quantitative estimate of drug-likeness (QED) is 0.561. The predicted molar refractivity (Wildman–Crippen MR) is 45.2 cm³/mol. The van der Waals surface area contributed by atoms with Crippen LogP contribution in [-0.4, -0.2) is 6.26 Å². The fourth-order valence-electron chi connectivity index (χ4n) is 0.330. The SMILES string of the molecule is CCCC=CSSC. The molecule has 0 aromatic carbocycles. The number of hydrogen-bond acceptors (Lipinski definition) is 2. The van der Waals surface area contributed by atoms with Gasteiger partial charge in [0.05, 0.1) is 0 Å². The molecule has 0 heterocycles. The molecule has 0 aromatic rings. The average molecular weight is 148 g/mol. The van der Waals surface area contributed by atoms with E-state index in [1.54, 1.807) is 21.6 Å². The summed E-state index contributed by atoms with van der Waals surface area (Å²) in [7, 11) is 3.57. The highest BCUT2D eigenvalue weighted by Gasteiger charge is 1.72. The molecule has 0 aliphatic rings. The second kappa shape index (κ2) is 7.44. The lowest BCUT2D eigenvalue weighted by Crippen LogP contribution is -1.56. The lowest BCUT2D eigenvalue weighted by molar-refractivity contribution is 0.960. The Kier molecular flexibility index (Phi) is 7.85. The number of rotatable bonds is 4. The Morgan fingerprint density at radius 3 is 2.75 bits per heavy atom. The monoisotopic (exact) mass is 148 g/mol. The number of allylic oxidation sites excluding steroid dienone is 1. The van der Waals surface area contributed by atoms with Crippen molar-refractivity contribution >= 4 is 21.6 Å². The van der Waals surface area contributed by atoms with Crippen LogP contribution in [0.1, 0.15) is 19.8 Å². The molecular formula is C6H12S2. The van der Waals surface area contributed by atoms with Crippen LogP contribution in [0.25, 0.3) is 0 Å². The van der Waals surface area contributed by atoms with E-state index in [1.807, 2.05) is 0 Å². The van der Waals surface area contributed by atoms with Crippen molar-refractivity contribution in [2.24, 2.45) is 0 Å². The van der Waals surface area contributed by atoms with Gasteiger partial charge in [-0.05, 0) is 18.1 Å². The minimum atomic E-state index is 1.22. The third-order valence-corrected chi connectivity index (χ3v) is 2.11. The third-order valence-electron chi connectivity index (χ3n) is 0.703. The Morgan fingerprint density at radius 2 is 2.25 bits per heavy atom. The zero-order valence-electron chi connectivity index (χ0n) is 5.39. The highest BCUT2D eigenvalue weighted by molar-refractivity contribution is 8.77. The summed E-state index contributed by atoms with van der Waals surface area (Å²) >= 11 is 0. The molecule has 0 saturated heterocycles. The van der Waals surface area contributed by atoms with Gasteiger partial charge in [0.1, 0.15) is 0 Å². The Balaban J connectivity index is 2.83. The van der Waals surface area contributed by atoms with Gasteiger partial charge in [-0.3, -0.25) is 0 Å². The summed E-state index contributed by atoms with van der Waals surface area (Å²) < 4.78 is 0. The lowest BCUT2D eigenvalue weighted by atomic mass is 10.3. The summed E-state index contributed by atoms with van der Waals surface area (Å²) in [5.41, 5.74) is 0. The molecule has 0 aliphatic carbocycles. The van der Waals surface area contributed by atoms with E-state index in [-0.39, 0.29) is 0 Å². The highest BCUT2D eigenvalue weighted by atomic mass is 33.1. The zero-order valence-corrected chi connectivity index (χ0v) is 7.02. The summed E-state index contributed by atoms with van der Waals surface area (Å²) in [6, 6.07) is 0. The Bertz CT molecular complexity index is 51.5. The van der Waals surface area contributed by atoms with Gasteiger partial charge in [0.15, 0.2) is 0 Å². The van der Waals surface area contributed by atoms with E-state index in [0.29, 0.717) is 0 Å². The number of unbranched alkanes of at least 4 members (excludes halogenated alkanes) is 1. The largest absolute Gasteiger partial charge is 0.0930 e. The number of hydrogen-bond donors (Lipinski definition) is 0. The minimum Gasteiger partial charge on any atom is -0.0930 e. The molecule has 0 atom stereocenters. The average Bonchev–Trinajstić information content (AvgIpc) is 1.81. The van der Waals surface area contributed by atoms with Gasteiger partial charge < -0.3 is 0 Å². The van der Waals surface area contributed by atoms with E-state index >= 15 is 0 Å². The van der Waals surface area contributed by atoms with Crippen LogP contribution in [0, 0.1) is 0 Å². The van der Waals surface area contributed by atoms with Crippen molar-refractivity contribution in [3.63, 3.8) is 0 Å². The summed E-state index contributed by atoms with van der Waals surface area (Å²) in [5, 5.41) is 2.15. The summed E-state index contributed by atoms with van der Waals surface area (Å²) in [6.07, 6.45) is 6.76. The van der Waals surface area contributed by atoms with Gasteiger partial charge in [-0.1, -0.05) is 41.0 Å². The molecule has 0 aromatic heterocycles. The molecule has 0 radical (unpaired) electrons. The van der Waals surface area contributed by atoms with Crippen molar-refractivity contribution in [1.82, 2.24) is 0 Å². The van der Waals surface area contributed by atoms with Crippen molar-refractivity contribution in [1.29, 1.82) is 0 Å². The van der Waals surface area contributed by atoms with Gasteiger partial charge in [-0.15, -0.1) is 0 Å². The first-order chi connectivity index (χ1) is 3.91. The Labute approximate surface area is 59.5 Å². The molecule has 2 heteroatoms.